The van der Waals surface area contributed by atoms with Gasteiger partial charge >= 0.3 is 0 Å². The van der Waals surface area contributed by atoms with E-state index in [1.54, 1.807) is 10.9 Å². The molecular formula is C8H8ClN3S. The zero-order chi connectivity index (χ0) is 9.42. The van der Waals surface area contributed by atoms with Crippen LogP contribution in [-0.2, 0) is 7.05 Å². The summed E-state index contributed by atoms with van der Waals surface area (Å²) in [6.07, 6.45) is 1.74. The first-order valence-corrected chi connectivity index (χ1v) is 4.96. The highest BCUT2D eigenvalue weighted by Gasteiger charge is 2.10. The van der Waals surface area contributed by atoms with Crippen LogP contribution in [0.4, 0.5) is 5.69 Å². The van der Waals surface area contributed by atoms with Gasteiger partial charge in [0.2, 0.25) is 0 Å². The average molecular weight is 214 g/mol. The van der Waals surface area contributed by atoms with Crippen molar-refractivity contribution in [3.05, 3.63) is 22.0 Å². The van der Waals surface area contributed by atoms with Crippen LogP contribution in [0.15, 0.2) is 17.6 Å². The SMILES string of the molecule is Cn1nccc1-c1csc(Cl)c1N. The lowest BCUT2D eigenvalue weighted by Gasteiger charge is -1.99. The van der Waals surface area contributed by atoms with Gasteiger partial charge < -0.3 is 5.73 Å². The number of nitrogen functional groups attached to an aromatic ring is 1. The summed E-state index contributed by atoms with van der Waals surface area (Å²) in [7, 11) is 1.88. The fourth-order valence-corrected chi connectivity index (χ4v) is 2.12. The highest BCUT2D eigenvalue weighted by Crippen LogP contribution is 2.36. The first kappa shape index (κ1) is 8.59. The van der Waals surface area contributed by atoms with E-state index in [2.05, 4.69) is 5.10 Å². The van der Waals surface area contributed by atoms with Crippen molar-refractivity contribution < 1.29 is 0 Å². The van der Waals surface area contributed by atoms with E-state index in [1.165, 1.54) is 11.3 Å². The predicted octanol–water partition coefficient (Wildman–Crippen LogP) is 2.38. The molecule has 13 heavy (non-hydrogen) atoms. The van der Waals surface area contributed by atoms with Crippen LogP contribution in [0.2, 0.25) is 4.34 Å². The number of aromatic nitrogens is 2. The molecule has 0 spiro atoms. The summed E-state index contributed by atoms with van der Waals surface area (Å²) in [5.41, 5.74) is 8.37. The minimum absolute atomic E-state index is 0.635. The summed E-state index contributed by atoms with van der Waals surface area (Å²) >= 11 is 7.30. The first-order valence-electron chi connectivity index (χ1n) is 3.71. The van der Waals surface area contributed by atoms with Crippen LogP contribution in [-0.4, -0.2) is 9.78 Å². The summed E-state index contributed by atoms with van der Waals surface area (Å²) < 4.78 is 2.41. The maximum Gasteiger partial charge on any atom is 0.117 e. The Labute approximate surface area is 84.7 Å². The van der Waals surface area contributed by atoms with Crippen molar-refractivity contribution in [2.24, 2.45) is 7.05 Å². The minimum atomic E-state index is 0.635. The van der Waals surface area contributed by atoms with Gasteiger partial charge in [-0.3, -0.25) is 4.68 Å². The second kappa shape index (κ2) is 3.05. The van der Waals surface area contributed by atoms with Gasteiger partial charge in [0.15, 0.2) is 0 Å². The van der Waals surface area contributed by atoms with Gasteiger partial charge in [0.1, 0.15) is 4.34 Å². The van der Waals surface area contributed by atoms with Gasteiger partial charge in [-0.05, 0) is 6.07 Å². The predicted molar refractivity (Wildman–Crippen MR) is 55.9 cm³/mol. The topological polar surface area (TPSA) is 43.8 Å². The number of anilines is 1. The lowest BCUT2D eigenvalue weighted by Crippen LogP contribution is -1.94. The number of nitrogens with zero attached hydrogens (tertiary/aromatic N) is 2. The molecule has 0 bridgehead atoms. The van der Waals surface area contributed by atoms with E-state index in [1.807, 2.05) is 18.5 Å². The second-order valence-electron chi connectivity index (χ2n) is 2.68. The molecule has 2 aromatic rings. The molecule has 2 heterocycles. The van der Waals surface area contributed by atoms with Crippen LogP contribution in [0.3, 0.4) is 0 Å². The zero-order valence-corrected chi connectivity index (χ0v) is 8.56. The quantitative estimate of drug-likeness (QED) is 0.791. The monoisotopic (exact) mass is 213 g/mol. The third-order valence-electron chi connectivity index (χ3n) is 1.88. The van der Waals surface area contributed by atoms with Crippen molar-refractivity contribution in [1.29, 1.82) is 0 Å². The maximum absolute atomic E-state index is 5.86. The Bertz CT molecular complexity index is 432. The molecule has 68 valence electrons. The molecule has 0 aliphatic carbocycles. The first-order chi connectivity index (χ1) is 6.20. The lowest BCUT2D eigenvalue weighted by molar-refractivity contribution is 0.776. The number of hydrogen-bond donors (Lipinski definition) is 1. The van der Waals surface area contributed by atoms with E-state index in [0.717, 1.165) is 11.3 Å². The van der Waals surface area contributed by atoms with Gasteiger partial charge in [0.25, 0.3) is 0 Å². The van der Waals surface area contributed by atoms with E-state index >= 15 is 0 Å². The summed E-state index contributed by atoms with van der Waals surface area (Å²) in [5.74, 6) is 0. The Hall–Kier alpha value is -1.00. The summed E-state index contributed by atoms with van der Waals surface area (Å²) in [6.45, 7) is 0. The van der Waals surface area contributed by atoms with Crippen molar-refractivity contribution in [1.82, 2.24) is 9.78 Å². The van der Waals surface area contributed by atoms with Gasteiger partial charge in [-0.1, -0.05) is 11.6 Å². The smallest absolute Gasteiger partial charge is 0.117 e. The largest absolute Gasteiger partial charge is 0.396 e. The second-order valence-corrected chi connectivity index (χ2v) is 4.16. The summed E-state index contributed by atoms with van der Waals surface area (Å²) in [4.78, 5) is 0. The number of thiophene rings is 1. The van der Waals surface area contributed by atoms with Gasteiger partial charge in [-0.2, -0.15) is 5.10 Å². The molecule has 0 aliphatic rings. The molecule has 0 saturated carbocycles. The van der Waals surface area contributed by atoms with Crippen LogP contribution in [0.25, 0.3) is 11.3 Å². The van der Waals surface area contributed by atoms with Gasteiger partial charge in [0, 0.05) is 24.2 Å². The molecule has 0 fully saturated rings. The lowest BCUT2D eigenvalue weighted by atomic mass is 10.2. The average Bonchev–Trinajstić information content (AvgIpc) is 2.62. The van der Waals surface area contributed by atoms with E-state index < -0.39 is 0 Å². The zero-order valence-electron chi connectivity index (χ0n) is 6.99. The molecule has 0 unspecified atom stereocenters. The third kappa shape index (κ3) is 1.32. The maximum atomic E-state index is 5.86. The fourth-order valence-electron chi connectivity index (χ4n) is 1.18. The number of aryl methyl sites for hydroxylation is 1. The molecule has 0 atom stereocenters. The number of halogens is 1. The van der Waals surface area contributed by atoms with Crippen LogP contribution in [0.1, 0.15) is 0 Å². The molecule has 0 aromatic carbocycles. The Balaban J connectivity index is 2.59. The molecule has 0 aliphatic heterocycles. The molecule has 3 nitrogen and oxygen atoms in total. The summed E-state index contributed by atoms with van der Waals surface area (Å²) in [5, 5.41) is 6.01. The van der Waals surface area contributed by atoms with Crippen molar-refractivity contribution in [3.63, 3.8) is 0 Å². The van der Waals surface area contributed by atoms with E-state index in [9.17, 15) is 0 Å². The Morgan fingerprint density at radius 3 is 2.85 bits per heavy atom. The molecule has 5 heteroatoms. The van der Waals surface area contributed by atoms with Gasteiger partial charge in [0.05, 0.1) is 11.4 Å². The van der Waals surface area contributed by atoms with Crippen molar-refractivity contribution in [2.45, 2.75) is 0 Å². The number of hydrogen-bond acceptors (Lipinski definition) is 3. The molecule has 0 radical (unpaired) electrons. The normalized spacial score (nSPS) is 10.6. The van der Waals surface area contributed by atoms with Crippen molar-refractivity contribution in [2.75, 3.05) is 5.73 Å². The van der Waals surface area contributed by atoms with Crippen LogP contribution < -0.4 is 5.73 Å². The van der Waals surface area contributed by atoms with Crippen LogP contribution >= 0.6 is 22.9 Å². The fraction of sp³-hybridized carbons (Fsp3) is 0.125. The van der Waals surface area contributed by atoms with E-state index in [-0.39, 0.29) is 0 Å². The van der Waals surface area contributed by atoms with Crippen molar-refractivity contribution >= 4 is 28.6 Å². The molecule has 0 saturated heterocycles. The Kier molecular flexibility index (Phi) is 2.01. The standard InChI is InChI=1S/C8H8ClN3S/c1-12-6(2-3-11-12)5-4-13-8(9)7(5)10/h2-4H,10H2,1H3. The van der Waals surface area contributed by atoms with Crippen LogP contribution in [0, 0.1) is 0 Å². The third-order valence-corrected chi connectivity index (χ3v) is 3.13. The Morgan fingerprint density at radius 1 is 1.62 bits per heavy atom. The van der Waals surface area contributed by atoms with E-state index in [0.29, 0.717) is 10.0 Å². The highest BCUT2D eigenvalue weighted by molar-refractivity contribution is 7.15. The van der Waals surface area contributed by atoms with Crippen LogP contribution in [0.5, 0.6) is 0 Å². The summed E-state index contributed by atoms with van der Waals surface area (Å²) in [6, 6.07) is 1.91. The number of rotatable bonds is 1. The van der Waals surface area contributed by atoms with Gasteiger partial charge in [-0.25, -0.2) is 0 Å². The molecular weight excluding hydrogens is 206 g/mol. The number of nitrogens with two attached hydrogens (primary N) is 1. The highest BCUT2D eigenvalue weighted by atomic mass is 35.5. The van der Waals surface area contributed by atoms with E-state index in [4.69, 9.17) is 17.3 Å². The molecule has 2 rings (SSSR count). The molecule has 2 aromatic heterocycles. The molecule has 2 N–H and O–H groups in total. The van der Waals surface area contributed by atoms with Gasteiger partial charge in [-0.15, -0.1) is 11.3 Å². The minimum Gasteiger partial charge on any atom is -0.396 e. The molecule has 0 amide bonds. The Morgan fingerprint density at radius 2 is 2.38 bits per heavy atom. The van der Waals surface area contributed by atoms with Crippen molar-refractivity contribution in [3.8, 4) is 11.3 Å².